The van der Waals surface area contributed by atoms with Crippen molar-refractivity contribution in [2.45, 2.75) is 26.4 Å². The minimum absolute atomic E-state index is 0.0110. The topological polar surface area (TPSA) is 35.5 Å². The third-order valence-electron chi connectivity index (χ3n) is 1.61. The summed E-state index contributed by atoms with van der Waals surface area (Å²) >= 11 is 0. The number of hydrogen-bond acceptors (Lipinski definition) is 3. The van der Waals surface area contributed by atoms with E-state index >= 15 is 0 Å². The molecule has 1 fully saturated rings. The zero-order valence-corrected chi connectivity index (χ0v) is 7.00. The van der Waals surface area contributed by atoms with Crippen LogP contribution in [0.25, 0.3) is 0 Å². The summed E-state index contributed by atoms with van der Waals surface area (Å²) in [6, 6.07) is 0. The Hall–Kier alpha value is -0.570. The van der Waals surface area contributed by atoms with Gasteiger partial charge in [0, 0.05) is 6.61 Å². The molecule has 0 bridgehead atoms. The highest BCUT2D eigenvalue weighted by Gasteiger charge is 2.25. The number of hydrogen-bond donors (Lipinski definition) is 0. The summed E-state index contributed by atoms with van der Waals surface area (Å²) in [7, 11) is 0. The van der Waals surface area contributed by atoms with Crippen LogP contribution in [0.4, 0.5) is 0 Å². The van der Waals surface area contributed by atoms with Crippen molar-refractivity contribution in [3.05, 3.63) is 0 Å². The van der Waals surface area contributed by atoms with Gasteiger partial charge in [0.15, 0.2) is 0 Å². The first-order valence-electron chi connectivity index (χ1n) is 3.98. The predicted molar refractivity (Wildman–Crippen MR) is 40.2 cm³/mol. The molecule has 1 heterocycles. The molecule has 0 aromatic carbocycles. The van der Waals surface area contributed by atoms with Crippen LogP contribution in [0.1, 0.15) is 20.3 Å². The molecule has 0 radical (unpaired) electrons. The Labute approximate surface area is 66.7 Å². The van der Waals surface area contributed by atoms with E-state index < -0.39 is 0 Å². The fourth-order valence-electron chi connectivity index (χ4n) is 1.05. The molecule has 0 aliphatic carbocycles. The van der Waals surface area contributed by atoms with E-state index in [1.807, 2.05) is 13.8 Å². The maximum absolute atomic E-state index is 11.2. The summed E-state index contributed by atoms with van der Waals surface area (Å²) in [5.41, 5.74) is 0. The molecule has 3 nitrogen and oxygen atoms in total. The van der Waals surface area contributed by atoms with Crippen molar-refractivity contribution in [1.29, 1.82) is 0 Å². The molecule has 1 unspecified atom stereocenters. The van der Waals surface area contributed by atoms with E-state index in [9.17, 15) is 4.79 Å². The zero-order chi connectivity index (χ0) is 8.27. The van der Waals surface area contributed by atoms with Gasteiger partial charge in [0.05, 0.1) is 18.6 Å². The van der Waals surface area contributed by atoms with Gasteiger partial charge in [-0.25, -0.2) is 0 Å². The third-order valence-corrected chi connectivity index (χ3v) is 1.61. The van der Waals surface area contributed by atoms with Crippen LogP contribution in [0.3, 0.4) is 0 Å². The fourth-order valence-corrected chi connectivity index (χ4v) is 1.05. The summed E-state index contributed by atoms with van der Waals surface area (Å²) in [6.45, 7) is 4.94. The summed E-state index contributed by atoms with van der Waals surface area (Å²) in [6.07, 6.45) is 0.800. The van der Waals surface area contributed by atoms with Crippen LogP contribution in [0.15, 0.2) is 0 Å². The molecular formula is C8H14O3. The number of carbonyl (C=O) groups is 1. The lowest BCUT2D eigenvalue weighted by atomic mass is 10.1. The summed E-state index contributed by atoms with van der Waals surface area (Å²) in [5.74, 6) is -0.130. The Morgan fingerprint density at radius 2 is 2.36 bits per heavy atom. The lowest BCUT2D eigenvalue weighted by molar-refractivity contribution is -0.152. The van der Waals surface area contributed by atoms with Crippen LogP contribution in [0.2, 0.25) is 0 Å². The van der Waals surface area contributed by atoms with E-state index in [-0.39, 0.29) is 18.0 Å². The molecule has 1 rings (SSSR count). The molecule has 0 amide bonds. The molecule has 11 heavy (non-hydrogen) atoms. The molecule has 0 spiro atoms. The second-order valence-corrected chi connectivity index (χ2v) is 3.05. The number of ether oxygens (including phenoxy) is 2. The molecule has 64 valence electrons. The first kappa shape index (κ1) is 8.53. The van der Waals surface area contributed by atoms with Crippen molar-refractivity contribution in [3.8, 4) is 0 Å². The lowest BCUT2D eigenvalue weighted by Crippen LogP contribution is -2.21. The van der Waals surface area contributed by atoms with Crippen LogP contribution in [-0.2, 0) is 14.3 Å². The van der Waals surface area contributed by atoms with Gasteiger partial charge in [-0.2, -0.15) is 0 Å². The Morgan fingerprint density at radius 3 is 2.82 bits per heavy atom. The first-order valence-corrected chi connectivity index (χ1v) is 3.98. The predicted octanol–water partition coefficient (Wildman–Crippen LogP) is 0.974. The van der Waals surface area contributed by atoms with Crippen molar-refractivity contribution in [3.63, 3.8) is 0 Å². The fraction of sp³-hybridized carbons (Fsp3) is 0.875. The highest BCUT2D eigenvalue weighted by Crippen LogP contribution is 2.14. The smallest absolute Gasteiger partial charge is 0.311 e. The standard InChI is InChI=1S/C8H14O3/c1-6(2)11-8(9)7-3-4-10-5-7/h6-7H,3-5H2,1-2H3. The second-order valence-electron chi connectivity index (χ2n) is 3.05. The van der Waals surface area contributed by atoms with Gasteiger partial charge in [-0.1, -0.05) is 0 Å². The summed E-state index contributed by atoms with van der Waals surface area (Å²) < 4.78 is 10.1. The third kappa shape index (κ3) is 2.50. The van der Waals surface area contributed by atoms with Gasteiger partial charge in [-0.3, -0.25) is 4.79 Å². The van der Waals surface area contributed by atoms with Crippen LogP contribution < -0.4 is 0 Å². The van der Waals surface area contributed by atoms with Crippen molar-refractivity contribution in [2.24, 2.45) is 5.92 Å². The summed E-state index contributed by atoms with van der Waals surface area (Å²) in [4.78, 5) is 11.2. The SMILES string of the molecule is CC(C)OC(=O)C1CCOC1. The van der Waals surface area contributed by atoms with E-state index in [1.165, 1.54) is 0 Å². The number of carbonyl (C=O) groups excluding carboxylic acids is 1. The van der Waals surface area contributed by atoms with Crippen molar-refractivity contribution < 1.29 is 14.3 Å². The maximum atomic E-state index is 11.2. The first-order chi connectivity index (χ1) is 5.20. The lowest BCUT2D eigenvalue weighted by Gasteiger charge is -2.10. The normalized spacial score (nSPS) is 24.1. The molecule has 1 aliphatic heterocycles. The molecule has 0 aromatic heterocycles. The Kier molecular flexibility index (Phi) is 2.88. The Balaban J connectivity index is 2.28. The van der Waals surface area contributed by atoms with Gasteiger partial charge in [-0.05, 0) is 20.3 Å². The molecule has 3 heteroatoms. The highest BCUT2D eigenvalue weighted by atomic mass is 16.5. The van der Waals surface area contributed by atoms with E-state index in [0.29, 0.717) is 13.2 Å². The van der Waals surface area contributed by atoms with Crippen LogP contribution in [-0.4, -0.2) is 25.3 Å². The number of esters is 1. The second kappa shape index (κ2) is 3.72. The Morgan fingerprint density at radius 1 is 1.64 bits per heavy atom. The van der Waals surface area contributed by atoms with Gasteiger partial charge >= 0.3 is 5.97 Å². The molecule has 1 saturated heterocycles. The quantitative estimate of drug-likeness (QED) is 0.562. The average Bonchev–Trinajstić information content (AvgIpc) is 2.35. The van der Waals surface area contributed by atoms with Crippen LogP contribution in [0.5, 0.6) is 0 Å². The van der Waals surface area contributed by atoms with Gasteiger partial charge in [0.1, 0.15) is 0 Å². The van der Waals surface area contributed by atoms with Crippen LogP contribution in [0, 0.1) is 5.92 Å². The molecule has 0 saturated carbocycles. The van der Waals surface area contributed by atoms with Gasteiger partial charge < -0.3 is 9.47 Å². The van der Waals surface area contributed by atoms with Gasteiger partial charge in [0.2, 0.25) is 0 Å². The molecule has 0 aromatic rings. The van der Waals surface area contributed by atoms with E-state index in [2.05, 4.69) is 0 Å². The molecule has 0 N–H and O–H groups in total. The van der Waals surface area contributed by atoms with Gasteiger partial charge in [-0.15, -0.1) is 0 Å². The van der Waals surface area contributed by atoms with Crippen molar-refractivity contribution in [1.82, 2.24) is 0 Å². The highest BCUT2D eigenvalue weighted by molar-refractivity contribution is 5.72. The van der Waals surface area contributed by atoms with Gasteiger partial charge in [0.25, 0.3) is 0 Å². The zero-order valence-electron chi connectivity index (χ0n) is 7.00. The largest absolute Gasteiger partial charge is 0.463 e. The Bertz CT molecular complexity index is 136. The van der Waals surface area contributed by atoms with Crippen molar-refractivity contribution >= 4 is 5.97 Å². The monoisotopic (exact) mass is 158 g/mol. The average molecular weight is 158 g/mol. The van der Waals surface area contributed by atoms with Crippen molar-refractivity contribution in [2.75, 3.05) is 13.2 Å². The molecule has 1 aliphatic rings. The van der Waals surface area contributed by atoms with Crippen LogP contribution >= 0.6 is 0 Å². The maximum Gasteiger partial charge on any atom is 0.311 e. The minimum Gasteiger partial charge on any atom is -0.463 e. The van der Waals surface area contributed by atoms with E-state index in [1.54, 1.807) is 0 Å². The number of rotatable bonds is 2. The molecule has 1 atom stereocenters. The van der Waals surface area contributed by atoms with E-state index in [0.717, 1.165) is 6.42 Å². The summed E-state index contributed by atoms with van der Waals surface area (Å²) in [5, 5.41) is 0. The minimum atomic E-state index is -0.113. The van der Waals surface area contributed by atoms with E-state index in [4.69, 9.17) is 9.47 Å². The molecular weight excluding hydrogens is 144 g/mol.